The van der Waals surface area contributed by atoms with E-state index in [2.05, 4.69) is 9.71 Å². The number of hydrogen-bond donors (Lipinski definition) is 3. The van der Waals surface area contributed by atoms with Crippen molar-refractivity contribution in [2.75, 3.05) is 13.2 Å². The zero-order valence-corrected chi connectivity index (χ0v) is 19.4. The number of nitrogens with one attached hydrogen (secondary N) is 1. The zero-order chi connectivity index (χ0) is 23.8. The molecule has 0 saturated heterocycles. The van der Waals surface area contributed by atoms with Crippen molar-refractivity contribution in [3.63, 3.8) is 0 Å². The van der Waals surface area contributed by atoms with Crippen molar-refractivity contribution in [3.8, 4) is 0 Å². The molecule has 3 aromatic rings. The SMILES string of the molecule is O=C(O)CCc1cc(CCNS(=O)(=O)c2ccc(Cl)cc2)cc(C(CO)c2cccnc2)c1. The number of hydrogen-bond acceptors (Lipinski definition) is 5. The first kappa shape index (κ1) is 24.9. The van der Waals surface area contributed by atoms with Crippen molar-refractivity contribution in [2.24, 2.45) is 0 Å². The van der Waals surface area contributed by atoms with E-state index >= 15 is 0 Å². The minimum atomic E-state index is -3.69. The maximum absolute atomic E-state index is 12.5. The van der Waals surface area contributed by atoms with E-state index in [-0.39, 0.29) is 30.4 Å². The van der Waals surface area contributed by atoms with Crippen LogP contribution in [-0.4, -0.2) is 42.7 Å². The average molecular weight is 489 g/mol. The summed E-state index contributed by atoms with van der Waals surface area (Å²) in [7, 11) is -3.69. The fourth-order valence-electron chi connectivity index (χ4n) is 3.54. The lowest BCUT2D eigenvalue weighted by Crippen LogP contribution is -2.26. The van der Waals surface area contributed by atoms with Crippen molar-refractivity contribution in [1.82, 2.24) is 9.71 Å². The van der Waals surface area contributed by atoms with Gasteiger partial charge in [-0.15, -0.1) is 0 Å². The Labute approximate surface area is 198 Å². The quantitative estimate of drug-likeness (QED) is 0.381. The predicted molar refractivity (Wildman–Crippen MR) is 126 cm³/mol. The van der Waals surface area contributed by atoms with Gasteiger partial charge in [-0.2, -0.15) is 0 Å². The third-order valence-electron chi connectivity index (χ3n) is 5.20. The summed E-state index contributed by atoms with van der Waals surface area (Å²) in [6, 6.07) is 15.2. The van der Waals surface area contributed by atoms with Crippen LogP contribution >= 0.6 is 11.6 Å². The Hall–Kier alpha value is -2.78. The highest BCUT2D eigenvalue weighted by Crippen LogP contribution is 2.26. The number of aliphatic hydroxyl groups excluding tert-OH is 1. The summed E-state index contributed by atoms with van der Waals surface area (Å²) >= 11 is 5.83. The maximum Gasteiger partial charge on any atom is 0.303 e. The molecule has 3 N–H and O–H groups in total. The Bertz CT molecular complexity index is 1190. The number of carboxylic acids is 1. The highest BCUT2D eigenvalue weighted by Gasteiger charge is 2.17. The predicted octanol–water partition coefficient (Wildman–Crippen LogP) is 3.40. The highest BCUT2D eigenvalue weighted by atomic mass is 35.5. The minimum Gasteiger partial charge on any atom is -0.481 e. The van der Waals surface area contributed by atoms with Crippen LogP contribution in [0, 0.1) is 0 Å². The van der Waals surface area contributed by atoms with Crippen LogP contribution in [0.3, 0.4) is 0 Å². The number of pyridine rings is 1. The van der Waals surface area contributed by atoms with Gasteiger partial charge < -0.3 is 10.2 Å². The normalized spacial score (nSPS) is 12.4. The van der Waals surface area contributed by atoms with E-state index in [1.54, 1.807) is 18.5 Å². The second-order valence-corrected chi connectivity index (χ2v) is 9.80. The van der Waals surface area contributed by atoms with Crippen LogP contribution in [0.25, 0.3) is 0 Å². The first-order valence-electron chi connectivity index (χ1n) is 10.4. The maximum atomic E-state index is 12.5. The molecule has 0 saturated carbocycles. The van der Waals surface area contributed by atoms with Gasteiger partial charge in [-0.3, -0.25) is 9.78 Å². The molecule has 0 amide bonds. The van der Waals surface area contributed by atoms with Gasteiger partial charge in [0.1, 0.15) is 0 Å². The Morgan fingerprint density at radius 2 is 1.73 bits per heavy atom. The van der Waals surface area contributed by atoms with Gasteiger partial charge in [-0.25, -0.2) is 13.1 Å². The molecule has 1 heterocycles. The van der Waals surface area contributed by atoms with Crippen LogP contribution in [0.4, 0.5) is 0 Å². The molecule has 0 spiro atoms. The molecule has 0 aliphatic heterocycles. The number of carbonyl (C=O) groups is 1. The molecule has 7 nitrogen and oxygen atoms in total. The van der Waals surface area contributed by atoms with Crippen molar-refractivity contribution in [2.45, 2.75) is 30.1 Å². The third-order valence-corrected chi connectivity index (χ3v) is 6.93. The summed E-state index contributed by atoms with van der Waals surface area (Å²) in [6.45, 7) is 0.0141. The number of benzene rings is 2. The van der Waals surface area contributed by atoms with Crippen LogP contribution in [0.15, 0.2) is 71.9 Å². The molecule has 0 aliphatic carbocycles. The van der Waals surface area contributed by atoms with E-state index in [0.717, 1.165) is 22.3 Å². The standard InChI is InChI=1S/C24H25ClN2O5S/c25-21-4-6-22(7-5-21)33(31,32)27-11-9-18-12-17(3-8-24(29)30)13-20(14-18)23(16-28)19-2-1-10-26-15-19/h1-2,4-7,10,12-15,23,27-28H,3,8-9,11,16H2,(H,29,30). The van der Waals surface area contributed by atoms with E-state index in [4.69, 9.17) is 16.7 Å². The molecule has 0 radical (unpaired) electrons. The Morgan fingerprint density at radius 1 is 1.03 bits per heavy atom. The molecule has 9 heteroatoms. The first-order valence-corrected chi connectivity index (χ1v) is 12.2. The van der Waals surface area contributed by atoms with E-state index in [9.17, 15) is 18.3 Å². The molecule has 33 heavy (non-hydrogen) atoms. The van der Waals surface area contributed by atoms with E-state index in [0.29, 0.717) is 17.9 Å². The molecule has 174 valence electrons. The number of rotatable bonds is 11. The highest BCUT2D eigenvalue weighted by molar-refractivity contribution is 7.89. The second kappa shape index (κ2) is 11.4. The van der Waals surface area contributed by atoms with Gasteiger partial charge in [0.25, 0.3) is 0 Å². The molecule has 1 aromatic heterocycles. The van der Waals surface area contributed by atoms with E-state index < -0.39 is 16.0 Å². The molecular formula is C24H25ClN2O5S. The van der Waals surface area contributed by atoms with Crippen LogP contribution < -0.4 is 4.72 Å². The lowest BCUT2D eigenvalue weighted by Gasteiger charge is -2.18. The number of aliphatic carboxylic acids is 1. The number of halogens is 1. The van der Waals surface area contributed by atoms with Crippen LogP contribution in [0.2, 0.25) is 5.02 Å². The van der Waals surface area contributed by atoms with Crippen molar-refractivity contribution < 1.29 is 23.4 Å². The Balaban J connectivity index is 1.81. The van der Waals surface area contributed by atoms with Gasteiger partial charge in [0.2, 0.25) is 10.0 Å². The van der Waals surface area contributed by atoms with Crippen LogP contribution in [0.1, 0.15) is 34.6 Å². The van der Waals surface area contributed by atoms with E-state index in [1.165, 1.54) is 24.3 Å². The molecule has 3 rings (SSSR count). The number of aryl methyl sites for hydroxylation is 1. The third kappa shape index (κ3) is 7.10. The van der Waals surface area contributed by atoms with Crippen molar-refractivity contribution in [1.29, 1.82) is 0 Å². The zero-order valence-electron chi connectivity index (χ0n) is 17.8. The Morgan fingerprint density at radius 3 is 2.33 bits per heavy atom. The molecule has 0 aliphatic rings. The molecular weight excluding hydrogens is 464 g/mol. The number of nitrogens with zero attached hydrogens (tertiary/aromatic N) is 1. The van der Waals surface area contributed by atoms with Crippen molar-refractivity contribution in [3.05, 3.63) is 94.3 Å². The molecule has 0 fully saturated rings. The number of aromatic nitrogens is 1. The average Bonchev–Trinajstić information content (AvgIpc) is 2.79. The van der Waals surface area contributed by atoms with Crippen LogP contribution in [-0.2, 0) is 27.7 Å². The van der Waals surface area contributed by atoms with Gasteiger partial charge in [-0.1, -0.05) is 35.9 Å². The van der Waals surface area contributed by atoms with Gasteiger partial charge in [0, 0.05) is 36.3 Å². The fourth-order valence-corrected chi connectivity index (χ4v) is 4.70. The van der Waals surface area contributed by atoms with Crippen LogP contribution in [0.5, 0.6) is 0 Å². The monoisotopic (exact) mass is 488 g/mol. The van der Waals surface area contributed by atoms with Crippen molar-refractivity contribution >= 4 is 27.6 Å². The van der Waals surface area contributed by atoms with Gasteiger partial charge >= 0.3 is 5.97 Å². The minimum absolute atomic E-state index is 0.0250. The summed E-state index contributed by atoms with van der Waals surface area (Å²) in [6.07, 6.45) is 4.04. The molecule has 0 bridgehead atoms. The summed E-state index contributed by atoms with van der Waals surface area (Å²) in [5.41, 5.74) is 3.32. The van der Waals surface area contributed by atoms with Gasteiger partial charge in [0.05, 0.1) is 11.5 Å². The molecule has 1 unspecified atom stereocenters. The number of sulfonamides is 1. The van der Waals surface area contributed by atoms with Gasteiger partial charge in [0.15, 0.2) is 0 Å². The summed E-state index contributed by atoms with van der Waals surface area (Å²) in [4.78, 5) is 15.3. The van der Waals surface area contributed by atoms with Gasteiger partial charge in [-0.05, 0) is 65.4 Å². The smallest absolute Gasteiger partial charge is 0.303 e. The molecule has 1 atom stereocenters. The number of aliphatic hydroxyl groups is 1. The summed E-state index contributed by atoms with van der Waals surface area (Å²) < 4.78 is 27.6. The molecule has 2 aromatic carbocycles. The lowest BCUT2D eigenvalue weighted by atomic mass is 9.89. The summed E-state index contributed by atoms with van der Waals surface area (Å²) in [5.74, 6) is -1.23. The lowest BCUT2D eigenvalue weighted by molar-refractivity contribution is -0.136. The number of carboxylic acid groups (broad SMARTS) is 1. The topological polar surface area (TPSA) is 117 Å². The first-order chi connectivity index (χ1) is 15.8. The fraction of sp³-hybridized carbons (Fsp3) is 0.250. The van der Waals surface area contributed by atoms with E-state index in [1.807, 2.05) is 24.3 Å². The summed E-state index contributed by atoms with van der Waals surface area (Å²) in [5, 5.41) is 19.6. The Kier molecular flexibility index (Phi) is 8.57. The second-order valence-electron chi connectivity index (χ2n) is 7.60. The largest absolute Gasteiger partial charge is 0.481 e.